The Morgan fingerprint density at radius 3 is 2.48 bits per heavy atom. The molecular formula is C25H31ClN2O3. The van der Waals surface area contributed by atoms with E-state index in [9.17, 15) is 9.59 Å². The Morgan fingerprint density at radius 2 is 1.84 bits per heavy atom. The van der Waals surface area contributed by atoms with Crippen molar-refractivity contribution in [1.29, 1.82) is 0 Å². The van der Waals surface area contributed by atoms with Gasteiger partial charge in [-0.25, -0.2) is 0 Å². The van der Waals surface area contributed by atoms with Gasteiger partial charge in [-0.1, -0.05) is 55.6 Å². The van der Waals surface area contributed by atoms with Crippen LogP contribution < -0.4 is 10.1 Å². The van der Waals surface area contributed by atoms with Crippen molar-refractivity contribution in [3.8, 4) is 5.75 Å². The van der Waals surface area contributed by atoms with Crippen molar-refractivity contribution < 1.29 is 14.3 Å². The largest absolute Gasteiger partial charge is 0.497 e. The zero-order chi connectivity index (χ0) is 22.2. The van der Waals surface area contributed by atoms with Crippen LogP contribution in [0.1, 0.15) is 50.2 Å². The molecule has 0 heterocycles. The van der Waals surface area contributed by atoms with Crippen LogP contribution in [0.2, 0.25) is 5.02 Å². The van der Waals surface area contributed by atoms with Gasteiger partial charge in [-0.05, 0) is 54.7 Å². The summed E-state index contributed by atoms with van der Waals surface area (Å²) in [6, 6.07) is 14.6. The first-order chi connectivity index (χ1) is 15.0. The standard InChI is InChI=1S/C25H31ClN2O3/c1-3-23(25(30)27-21-8-4-5-9-21)28(17-19-7-6-10-22(15-19)31-2)24(29)16-18-11-13-20(26)14-12-18/h6-7,10-15,21,23H,3-5,8-9,16-17H2,1-2H3,(H,27,30)/t23-/m0/s1. The second-order valence-electron chi connectivity index (χ2n) is 8.09. The van der Waals surface area contributed by atoms with E-state index in [-0.39, 0.29) is 24.3 Å². The van der Waals surface area contributed by atoms with Crippen LogP contribution in [-0.4, -0.2) is 35.9 Å². The summed E-state index contributed by atoms with van der Waals surface area (Å²) in [7, 11) is 1.62. The first-order valence-corrected chi connectivity index (χ1v) is 11.3. The summed E-state index contributed by atoms with van der Waals surface area (Å²) in [5.41, 5.74) is 1.80. The molecule has 1 saturated carbocycles. The summed E-state index contributed by atoms with van der Waals surface area (Å²) in [5, 5.41) is 3.80. The van der Waals surface area contributed by atoms with Crippen LogP contribution in [-0.2, 0) is 22.6 Å². The van der Waals surface area contributed by atoms with E-state index in [1.54, 1.807) is 24.1 Å². The van der Waals surface area contributed by atoms with Gasteiger partial charge in [-0.3, -0.25) is 9.59 Å². The second-order valence-corrected chi connectivity index (χ2v) is 8.53. The molecule has 1 N–H and O–H groups in total. The zero-order valence-corrected chi connectivity index (χ0v) is 19.0. The Balaban J connectivity index is 1.82. The minimum absolute atomic E-state index is 0.0678. The minimum atomic E-state index is -0.522. The van der Waals surface area contributed by atoms with Crippen LogP contribution in [0.15, 0.2) is 48.5 Å². The molecule has 5 nitrogen and oxygen atoms in total. The number of nitrogens with zero attached hydrogens (tertiary/aromatic N) is 1. The van der Waals surface area contributed by atoms with Crippen molar-refractivity contribution in [1.82, 2.24) is 10.2 Å². The number of carbonyl (C=O) groups excluding carboxylic acids is 2. The molecule has 3 rings (SSSR count). The number of rotatable bonds is 9. The number of amides is 2. The third kappa shape index (κ3) is 6.47. The third-order valence-corrected chi connectivity index (χ3v) is 6.10. The first-order valence-electron chi connectivity index (χ1n) is 11.0. The van der Waals surface area contributed by atoms with Gasteiger partial charge in [-0.2, -0.15) is 0 Å². The molecular weight excluding hydrogens is 412 g/mol. The van der Waals surface area contributed by atoms with Crippen molar-refractivity contribution in [3.05, 3.63) is 64.7 Å². The smallest absolute Gasteiger partial charge is 0.243 e. The summed E-state index contributed by atoms with van der Waals surface area (Å²) in [4.78, 5) is 28.2. The van der Waals surface area contributed by atoms with E-state index < -0.39 is 6.04 Å². The van der Waals surface area contributed by atoms with Crippen LogP contribution >= 0.6 is 11.6 Å². The number of halogens is 1. The first kappa shape index (κ1) is 23.1. The van der Waals surface area contributed by atoms with Gasteiger partial charge in [0.1, 0.15) is 11.8 Å². The van der Waals surface area contributed by atoms with Crippen molar-refractivity contribution in [2.24, 2.45) is 0 Å². The quantitative estimate of drug-likeness (QED) is 0.609. The van der Waals surface area contributed by atoms with Crippen LogP contribution in [0.3, 0.4) is 0 Å². The molecule has 1 aliphatic carbocycles. The summed E-state index contributed by atoms with van der Waals surface area (Å²) >= 11 is 5.98. The van der Waals surface area contributed by atoms with E-state index in [1.807, 2.05) is 43.3 Å². The van der Waals surface area contributed by atoms with Crippen LogP contribution in [0, 0.1) is 0 Å². The predicted molar refractivity (Wildman–Crippen MR) is 123 cm³/mol. The van der Waals surface area contributed by atoms with Crippen LogP contribution in [0.25, 0.3) is 0 Å². The highest BCUT2D eigenvalue weighted by atomic mass is 35.5. The molecule has 0 spiro atoms. The highest BCUT2D eigenvalue weighted by Gasteiger charge is 2.30. The number of hydrogen-bond acceptors (Lipinski definition) is 3. The monoisotopic (exact) mass is 442 g/mol. The molecule has 1 fully saturated rings. The predicted octanol–water partition coefficient (Wildman–Crippen LogP) is 4.76. The van der Waals surface area contributed by atoms with E-state index in [4.69, 9.17) is 16.3 Å². The minimum Gasteiger partial charge on any atom is -0.497 e. The molecule has 1 aliphatic rings. The molecule has 0 aliphatic heterocycles. The van der Waals surface area contributed by atoms with Gasteiger partial charge < -0.3 is 15.0 Å². The fourth-order valence-electron chi connectivity index (χ4n) is 4.13. The molecule has 0 radical (unpaired) electrons. The maximum Gasteiger partial charge on any atom is 0.243 e. The van der Waals surface area contributed by atoms with E-state index in [0.29, 0.717) is 18.0 Å². The van der Waals surface area contributed by atoms with Crippen molar-refractivity contribution >= 4 is 23.4 Å². The topological polar surface area (TPSA) is 58.6 Å². The molecule has 0 saturated heterocycles. The van der Waals surface area contributed by atoms with Gasteiger partial charge in [-0.15, -0.1) is 0 Å². The van der Waals surface area contributed by atoms with E-state index in [2.05, 4.69) is 5.32 Å². The van der Waals surface area contributed by atoms with Gasteiger partial charge in [0.05, 0.1) is 13.5 Å². The fraction of sp³-hybridized carbons (Fsp3) is 0.440. The summed E-state index contributed by atoms with van der Waals surface area (Å²) in [5.74, 6) is 0.575. The number of ether oxygens (including phenoxy) is 1. The summed E-state index contributed by atoms with van der Waals surface area (Å²) < 4.78 is 5.33. The second kappa shape index (κ2) is 11.2. The molecule has 6 heteroatoms. The molecule has 31 heavy (non-hydrogen) atoms. The number of methoxy groups -OCH3 is 1. The van der Waals surface area contributed by atoms with Crippen LogP contribution in [0.4, 0.5) is 0 Å². The molecule has 1 atom stereocenters. The third-order valence-electron chi connectivity index (χ3n) is 5.84. The van der Waals surface area contributed by atoms with E-state index >= 15 is 0 Å². The zero-order valence-electron chi connectivity index (χ0n) is 18.3. The van der Waals surface area contributed by atoms with Gasteiger partial charge in [0.25, 0.3) is 0 Å². The maximum atomic E-state index is 13.4. The van der Waals surface area contributed by atoms with Crippen LogP contribution in [0.5, 0.6) is 5.75 Å². The lowest BCUT2D eigenvalue weighted by Gasteiger charge is -2.31. The Morgan fingerprint density at radius 1 is 1.13 bits per heavy atom. The number of benzene rings is 2. The van der Waals surface area contributed by atoms with Crippen molar-refractivity contribution in [3.63, 3.8) is 0 Å². The molecule has 2 aromatic carbocycles. The Hall–Kier alpha value is -2.53. The van der Waals surface area contributed by atoms with Gasteiger partial charge >= 0.3 is 0 Å². The lowest BCUT2D eigenvalue weighted by molar-refractivity contribution is -0.141. The Labute approximate surface area is 189 Å². The summed E-state index contributed by atoms with van der Waals surface area (Å²) in [6.07, 6.45) is 5.08. The summed E-state index contributed by atoms with van der Waals surface area (Å²) in [6.45, 7) is 2.30. The van der Waals surface area contributed by atoms with Gasteiger partial charge in [0.2, 0.25) is 11.8 Å². The molecule has 0 aromatic heterocycles. The highest BCUT2D eigenvalue weighted by Crippen LogP contribution is 2.21. The Kier molecular flexibility index (Phi) is 8.35. The Bertz CT molecular complexity index is 879. The molecule has 2 aromatic rings. The average Bonchev–Trinajstić information content (AvgIpc) is 3.28. The van der Waals surface area contributed by atoms with E-state index in [1.165, 1.54) is 0 Å². The normalized spacial score (nSPS) is 14.8. The van der Waals surface area contributed by atoms with Crippen molar-refractivity contribution in [2.75, 3.05) is 7.11 Å². The highest BCUT2D eigenvalue weighted by molar-refractivity contribution is 6.30. The lowest BCUT2D eigenvalue weighted by atomic mass is 10.1. The molecule has 0 bridgehead atoms. The van der Waals surface area contributed by atoms with Gasteiger partial charge in [0.15, 0.2) is 0 Å². The number of nitrogens with one attached hydrogen (secondary N) is 1. The molecule has 0 unspecified atom stereocenters. The van der Waals surface area contributed by atoms with Crippen molar-refractivity contribution in [2.45, 2.75) is 64.1 Å². The lowest BCUT2D eigenvalue weighted by Crippen LogP contribution is -2.51. The molecule has 2 amide bonds. The maximum absolute atomic E-state index is 13.4. The van der Waals surface area contributed by atoms with Gasteiger partial charge in [0, 0.05) is 17.6 Å². The molecule has 166 valence electrons. The number of hydrogen-bond donors (Lipinski definition) is 1. The average molecular weight is 443 g/mol. The fourth-order valence-corrected chi connectivity index (χ4v) is 4.26. The van der Waals surface area contributed by atoms with E-state index in [0.717, 1.165) is 42.6 Å². The SMILES string of the molecule is CC[C@@H](C(=O)NC1CCCC1)N(Cc1cccc(OC)c1)C(=O)Cc1ccc(Cl)cc1. The number of carbonyl (C=O) groups is 2.